The topological polar surface area (TPSA) is 42.4 Å². The number of hydrogen-bond acceptors (Lipinski definition) is 3. The lowest BCUT2D eigenvalue weighted by Gasteiger charge is -2.17. The Hall–Kier alpha value is -0.930. The van der Waals surface area contributed by atoms with Crippen LogP contribution in [0.15, 0.2) is 24.4 Å². The fourth-order valence-corrected chi connectivity index (χ4v) is 1.32. The molecule has 0 saturated carbocycles. The van der Waals surface area contributed by atoms with Crippen molar-refractivity contribution in [3.63, 3.8) is 0 Å². The molecule has 1 N–H and O–H groups in total. The van der Waals surface area contributed by atoms with Crippen LogP contribution in [0.4, 0.5) is 0 Å². The monoisotopic (exact) mass is 195 g/mol. The summed E-state index contributed by atoms with van der Waals surface area (Å²) in [5.41, 5.74) is 1.01. The third kappa shape index (κ3) is 3.44. The maximum absolute atomic E-state index is 9.63. The van der Waals surface area contributed by atoms with E-state index in [4.69, 9.17) is 4.74 Å². The van der Waals surface area contributed by atoms with E-state index in [0.717, 1.165) is 12.1 Å². The minimum Gasteiger partial charge on any atom is -0.390 e. The van der Waals surface area contributed by atoms with Crippen molar-refractivity contribution in [2.75, 3.05) is 13.7 Å². The molecule has 0 unspecified atom stereocenters. The Kier molecular flexibility index (Phi) is 4.56. The molecule has 0 radical (unpaired) electrons. The summed E-state index contributed by atoms with van der Waals surface area (Å²) in [4.78, 5) is 4.21. The molecule has 1 aromatic heterocycles. The summed E-state index contributed by atoms with van der Waals surface area (Å²) in [6, 6.07) is 5.81. The molecular weight excluding hydrogens is 178 g/mol. The molecular formula is C11H17NO2. The molecule has 3 heteroatoms. The Balaban J connectivity index is 2.44. The highest BCUT2D eigenvalue weighted by atomic mass is 16.5. The Bertz CT molecular complexity index is 251. The van der Waals surface area contributed by atoms with Gasteiger partial charge in [0.2, 0.25) is 0 Å². The van der Waals surface area contributed by atoms with Crippen LogP contribution in [0.1, 0.15) is 12.6 Å². The van der Waals surface area contributed by atoms with Crippen molar-refractivity contribution >= 4 is 0 Å². The first-order chi connectivity index (χ1) is 6.74. The van der Waals surface area contributed by atoms with Crippen LogP contribution in [0.2, 0.25) is 0 Å². The highest BCUT2D eigenvalue weighted by Crippen LogP contribution is 2.10. The summed E-state index contributed by atoms with van der Waals surface area (Å²) in [5.74, 6) is 0.171. The van der Waals surface area contributed by atoms with E-state index in [1.54, 1.807) is 13.3 Å². The largest absolute Gasteiger partial charge is 0.390 e. The predicted octanol–water partition coefficient (Wildman–Crippen LogP) is 1.27. The van der Waals surface area contributed by atoms with Gasteiger partial charge in [0.05, 0.1) is 12.7 Å². The van der Waals surface area contributed by atoms with Gasteiger partial charge in [0.25, 0.3) is 0 Å². The van der Waals surface area contributed by atoms with Crippen molar-refractivity contribution < 1.29 is 9.84 Å². The van der Waals surface area contributed by atoms with Crippen LogP contribution < -0.4 is 0 Å². The number of methoxy groups -OCH3 is 1. The molecule has 0 spiro atoms. The molecule has 0 amide bonds. The smallest absolute Gasteiger partial charge is 0.0802 e. The maximum atomic E-state index is 9.63. The van der Waals surface area contributed by atoms with E-state index in [9.17, 15) is 5.11 Å². The molecule has 0 fully saturated rings. The van der Waals surface area contributed by atoms with E-state index >= 15 is 0 Å². The Labute approximate surface area is 84.7 Å². The minimum atomic E-state index is -0.415. The number of hydrogen-bond donors (Lipinski definition) is 1. The first-order valence-electron chi connectivity index (χ1n) is 4.81. The predicted molar refractivity (Wildman–Crippen MR) is 55.0 cm³/mol. The number of aliphatic hydroxyl groups excluding tert-OH is 1. The lowest BCUT2D eigenvalue weighted by molar-refractivity contribution is 0.0303. The summed E-state index contributed by atoms with van der Waals surface area (Å²) in [7, 11) is 1.59. The van der Waals surface area contributed by atoms with Gasteiger partial charge in [-0.15, -0.1) is 0 Å². The van der Waals surface area contributed by atoms with Crippen molar-refractivity contribution in [1.29, 1.82) is 0 Å². The second-order valence-electron chi connectivity index (χ2n) is 3.53. The van der Waals surface area contributed by atoms with Crippen molar-refractivity contribution in [3.8, 4) is 0 Å². The lowest BCUT2D eigenvalue weighted by atomic mass is 9.99. The molecule has 0 aliphatic heterocycles. The molecule has 0 aromatic carbocycles. The average Bonchev–Trinajstić information content (AvgIpc) is 2.19. The van der Waals surface area contributed by atoms with Crippen molar-refractivity contribution in [2.45, 2.75) is 19.4 Å². The Morgan fingerprint density at radius 3 is 2.86 bits per heavy atom. The number of nitrogens with zero attached hydrogens (tertiary/aromatic N) is 1. The van der Waals surface area contributed by atoms with E-state index in [-0.39, 0.29) is 5.92 Å². The summed E-state index contributed by atoms with van der Waals surface area (Å²) < 4.78 is 4.89. The third-order valence-corrected chi connectivity index (χ3v) is 2.25. The normalized spacial score (nSPS) is 15.1. The fourth-order valence-electron chi connectivity index (χ4n) is 1.32. The van der Waals surface area contributed by atoms with E-state index in [1.807, 2.05) is 25.1 Å². The van der Waals surface area contributed by atoms with Gasteiger partial charge in [-0.3, -0.25) is 4.98 Å². The van der Waals surface area contributed by atoms with Gasteiger partial charge in [-0.05, 0) is 24.5 Å². The van der Waals surface area contributed by atoms with Crippen LogP contribution >= 0.6 is 0 Å². The number of pyridine rings is 1. The van der Waals surface area contributed by atoms with E-state index in [0.29, 0.717) is 6.61 Å². The zero-order valence-electron chi connectivity index (χ0n) is 8.68. The molecule has 0 bridgehead atoms. The van der Waals surface area contributed by atoms with Gasteiger partial charge in [-0.2, -0.15) is 0 Å². The van der Waals surface area contributed by atoms with E-state index in [2.05, 4.69) is 4.98 Å². The van der Waals surface area contributed by atoms with Crippen LogP contribution in [0, 0.1) is 5.92 Å². The highest BCUT2D eigenvalue weighted by Gasteiger charge is 2.14. The van der Waals surface area contributed by atoms with E-state index < -0.39 is 6.10 Å². The molecule has 1 heterocycles. The number of aliphatic hydroxyl groups is 1. The standard InChI is InChI=1S/C11H17NO2/c1-9(11(13)8-14-2)7-10-5-3-4-6-12-10/h3-6,9,11,13H,7-8H2,1-2H3/t9-,11-/m1/s1. The maximum Gasteiger partial charge on any atom is 0.0802 e. The lowest BCUT2D eigenvalue weighted by Crippen LogP contribution is -2.24. The van der Waals surface area contributed by atoms with Crippen LogP contribution in [0.3, 0.4) is 0 Å². The van der Waals surface area contributed by atoms with Gasteiger partial charge in [-0.1, -0.05) is 13.0 Å². The Morgan fingerprint density at radius 2 is 2.29 bits per heavy atom. The summed E-state index contributed by atoms with van der Waals surface area (Å²) in [6.45, 7) is 2.38. The number of ether oxygens (including phenoxy) is 1. The van der Waals surface area contributed by atoms with Gasteiger partial charge in [0.15, 0.2) is 0 Å². The number of aromatic nitrogens is 1. The van der Waals surface area contributed by atoms with Crippen molar-refractivity contribution in [3.05, 3.63) is 30.1 Å². The quantitative estimate of drug-likeness (QED) is 0.769. The molecule has 0 aliphatic rings. The van der Waals surface area contributed by atoms with Crippen LogP contribution in [-0.2, 0) is 11.2 Å². The number of rotatable bonds is 5. The van der Waals surface area contributed by atoms with Gasteiger partial charge in [0.1, 0.15) is 0 Å². The summed E-state index contributed by atoms with van der Waals surface area (Å²) in [6.07, 6.45) is 2.14. The molecule has 3 nitrogen and oxygen atoms in total. The summed E-state index contributed by atoms with van der Waals surface area (Å²) in [5, 5.41) is 9.63. The van der Waals surface area contributed by atoms with Crippen LogP contribution in [0.5, 0.6) is 0 Å². The van der Waals surface area contributed by atoms with Crippen molar-refractivity contribution in [2.24, 2.45) is 5.92 Å². The van der Waals surface area contributed by atoms with Gasteiger partial charge in [-0.25, -0.2) is 0 Å². The Morgan fingerprint density at radius 1 is 1.50 bits per heavy atom. The average molecular weight is 195 g/mol. The molecule has 2 atom stereocenters. The molecule has 0 saturated heterocycles. The first kappa shape index (κ1) is 11.1. The van der Waals surface area contributed by atoms with Crippen LogP contribution in [-0.4, -0.2) is 29.9 Å². The van der Waals surface area contributed by atoms with Crippen molar-refractivity contribution in [1.82, 2.24) is 4.98 Å². The van der Waals surface area contributed by atoms with Gasteiger partial charge < -0.3 is 9.84 Å². The zero-order chi connectivity index (χ0) is 10.4. The SMILES string of the molecule is COC[C@@H](O)[C@H](C)Cc1ccccn1. The highest BCUT2D eigenvalue weighted by molar-refractivity contribution is 5.04. The third-order valence-electron chi connectivity index (χ3n) is 2.25. The van der Waals surface area contributed by atoms with E-state index in [1.165, 1.54) is 0 Å². The molecule has 78 valence electrons. The molecule has 0 aliphatic carbocycles. The second-order valence-corrected chi connectivity index (χ2v) is 3.53. The molecule has 14 heavy (non-hydrogen) atoms. The van der Waals surface area contributed by atoms with Gasteiger partial charge >= 0.3 is 0 Å². The first-order valence-corrected chi connectivity index (χ1v) is 4.81. The minimum absolute atomic E-state index is 0.171. The molecule has 1 rings (SSSR count). The fraction of sp³-hybridized carbons (Fsp3) is 0.545. The molecule has 1 aromatic rings. The van der Waals surface area contributed by atoms with Gasteiger partial charge in [0, 0.05) is 19.0 Å². The summed E-state index contributed by atoms with van der Waals surface area (Å²) >= 11 is 0. The second kappa shape index (κ2) is 5.73. The zero-order valence-corrected chi connectivity index (χ0v) is 8.68. The van der Waals surface area contributed by atoms with Crippen LogP contribution in [0.25, 0.3) is 0 Å².